The van der Waals surface area contributed by atoms with E-state index in [-0.39, 0.29) is 12.3 Å². The number of hydrogen-bond donors (Lipinski definition) is 2. The molecule has 0 radical (unpaired) electrons. The normalized spacial score (nSPS) is 12.0. The van der Waals surface area contributed by atoms with Crippen LogP contribution >= 0.6 is 0 Å². The molecule has 0 saturated heterocycles. The molecule has 0 spiro atoms. The van der Waals surface area contributed by atoms with Crippen molar-refractivity contribution < 1.29 is 14.3 Å². The van der Waals surface area contributed by atoms with Crippen molar-refractivity contribution in [1.29, 1.82) is 0 Å². The number of aryl methyl sites for hydroxylation is 2. The van der Waals surface area contributed by atoms with Gasteiger partial charge in [-0.3, -0.25) is 4.79 Å². The van der Waals surface area contributed by atoms with Gasteiger partial charge >= 0.3 is 5.97 Å². The summed E-state index contributed by atoms with van der Waals surface area (Å²) >= 11 is 0. The highest BCUT2D eigenvalue weighted by Crippen LogP contribution is 2.19. The van der Waals surface area contributed by atoms with Crippen LogP contribution in [0, 0.1) is 13.8 Å². The lowest BCUT2D eigenvalue weighted by Gasteiger charge is -2.16. The molecule has 1 atom stereocenters. The zero-order valence-electron chi connectivity index (χ0n) is 15.8. The van der Waals surface area contributed by atoms with Crippen LogP contribution in [0.3, 0.4) is 0 Å². The summed E-state index contributed by atoms with van der Waals surface area (Å²) in [6.07, 6.45) is 2.47. The van der Waals surface area contributed by atoms with Crippen LogP contribution in [0.2, 0.25) is 0 Å². The SMILES string of the molecule is COC(=O)C(Cc1c[nH]c2ccccc12)NC(=O)Cc1cc(C)cc(C)c1. The second kappa shape index (κ2) is 8.08. The van der Waals surface area contributed by atoms with E-state index in [4.69, 9.17) is 4.74 Å². The molecule has 0 fully saturated rings. The number of methoxy groups -OCH3 is 1. The van der Waals surface area contributed by atoms with Gasteiger partial charge in [0.05, 0.1) is 13.5 Å². The maximum atomic E-state index is 12.5. The van der Waals surface area contributed by atoms with Gasteiger partial charge in [-0.25, -0.2) is 4.79 Å². The predicted octanol–water partition coefficient (Wildman–Crippen LogP) is 3.23. The number of aromatic nitrogens is 1. The highest BCUT2D eigenvalue weighted by molar-refractivity contribution is 5.88. The summed E-state index contributed by atoms with van der Waals surface area (Å²) in [7, 11) is 1.33. The van der Waals surface area contributed by atoms with Crippen LogP contribution in [0.1, 0.15) is 22.3 Å². The third-order valence-electron chi connectivity index (χ3n) is 4.57. The molecule has 2 N–H and O–H groups in total. The summed E-state index contributed by atoms with van der Waals surface area (Å²) in [5.41, 5.74) is 5.12. The Bertz CT molecular complexity index is 954. The summed E-state index contributed by atoms with van der Waals surface area (Å²) in [4.78, 5) is 27.9. The van der Waals surface area contributed by atoms with E-state index in [1.54, 1.807) is 0 Å². The Morgan fingerprint density at radius 1 is 1.11 bits per heavy atom. The molecule has 0 aliphatic heterocycles. The summed E-state index contributed by atoms with van der Waals surface area (Å²) in [5.74, 6) is -0.649. The fourth-order valence-corrected chi connectivity index (χ4v) is 3.46. The first-order valence-corrected chi connectivity index (χ1v) is 8.95. The Labute approximate surface area is 158 Å². The van der Waals surface area contributed by atoms with E-state index in [1.165, 1.54) is 7.11 Å². The summed E-state index contributed by atoms with van der Waals surface area (Å²) in [5, 5.41) is 3.87. The molecule has 2 aromatic carbocycles. The first-order chi connectivity index (χ1) is 13.0. The highest BCUT2D eigenvalue weighted by atomic mass is 16.5. The van der Waals surface area contributed by atoms with Gasteiger partial charge in [-0.1, -0.05) is 47.5 Å². The second-order valence-corrected chi connectivity index (χ2v) is 6.88. The number of fused-ring (bicyclic) bond motifs is 1. The summed E-state index contributed by atoms with van der Waals surface area (Å²) in [6.45, 7) is 4.01. The van der Waals surface area contributed by atoms with Crippen molar-refractivity contribution in [3.05, 3.63) is 70.9 Å². The van der Waals surface area contributed by atoms with Gasteiger partial charge in [0.25, 0.3) is 0 Å². The Morgan fingerprint density at radius 3 is 2.52 bits per heavy atom. The minimum atomic E-state index is -0.729. The Hall–Kier alpha value is -3.08. The van der Waals surface area contributed by atoms with Crippen LogP contribution < -0.4 is 5.32 Å². The maximum Gasteiger partial charge on any atom is 0.328 e. The number of para-hydroxylation sites is 1. The lowest BCUT2D eigenvalue weighted by Crippen LogP contribution is -2.43. The maximum absolute atomic E-state index is 12.5. The minimum absolute atomic E-state index is 0.199. The molecule has 1 aromatic heterocycles. The lowest BCUT2D eigenvalue weighted by atomic mass is 10.0. The van der Waals surface area contributed by atoms with E-state index in [0.29, 0.717) is 6.42 Å². The fourth-order valence-electron chi connectivity index (χ4n) is 3.46. The number of ether oxygens (including phenoxy) is 1. The monoisotopic (exact) mass is 364 g/mol. The molecule has 3 aromatic rings. The van der Waals surface area contributed by atoms with Crippen molar-refractivity contribution in [1.82, 2.24) is 10.3 Å². The standard InChI is InChI=1S/C22H24N2O3/c1-14-8-15(2)10-16(9-14)11-21(25)24-20(22(26)27-3)12-17-13-23-19-7-5-4-6-18(17)19/h4-10,13,20,23H,11-12H2,1-3H3,(H,24,25). The number of benzene rings is 2. The molecule has 0 saturated carbocycles. The van der Waals surface area contributed by atoms with Crippen LogP contribution in [0.4, 0.5) is 0 Å². The Kier molecular flexibility index (Phi) is 5.60. The van der Waals surface area contributed by atoms with Crippen LogP contribution in [-0.2, 0) is 27.2 Å². The topological polar surface area (TPSA) is 71.2 Å². The van der Waals surface area contributed by atoms with Crippen LogP contribution in [0.5, 0.6) is 0 Å². The summed E-state index contributed by atoms with van der Waals surface area (Å²) in [6, 6.07) is 13.2. The van der Waals surface area contributed by atoms with Gasteiger partial charge in [-0.05, 0) is 31.0 Å². The molecule has 0 aliphatic carbocycles. The van der Waals surface area contributed by atoms with Gasteiger partial charge in [-0.15, -0.1) is 0 Å². The van der Waals surface area contributed by atoms with E-state index in [1.807, 2.05) is 56.4 Å². The Morgan fingerprint density at radius 2 is 1.81 bits per heavy atom. The molecule has 0 aliphatic rings. The van der Waals surface area contributed by atoms with Gasteiger partial charge in [0.2, 0.25) is 5.91 Å². The molecule has 0 bridgehead atoms. The molecule has 5 nitrogen and oxygen atoms in total. The molecular weight excluding hydrogens is 340 g/mol. The third-order valence-corrected chi connectivity index (χ3v) is 4.57. The Balaban J connectivity index is 1.75. The molecule has 5 heteroatoms. The van der Waals surface area contributed by atoms with Crippen LogP contribution in [0.15, 0.2) is 48.7 Å². The van der Waals surface area contributed by atoms with Crippen molar-refractivity contribution in [2.24, 2.45) is 0 Å². The molecular formula is C22H24N2O3. The van der Waals surface area contributed by atoms with Crippen molar-refractivity contribution in [2.75, 3.05) is 7.11 Å². The quantitative estimate of drug-likeness (QED) is 0.660. The number of amides is 1. The zero-order valence-corrected chi connectivity index (χ0v) is 15.8. The van der Waals surface area contributed by atoms with E-state index in [0.717, 1.165) is 33.2 Å². The van der Waals surface area contributed by atoms with Gasteiger partial charge in [-0.2, -0.15) is 0 Å². The largest absolute Gasteiger partial charge is 0.467 e. The molecule has 27 heavy (non-hydrogen) atoms. The zero-order chi connectivity index (χ0) is 19.4. The lowest BCUT2D eigenvalue weighted by molar-refractivity contribution is -0.145. The number of H-pyrrole nitrogens is 1. The molecule has 1 heterocycles. The molecule has 1 amide bonds. The van der Waals surface area contributed by atoms with Gasteiger partial charge in [0, 0.05) is 23.5 Å². The average molecular weight is 364 g/mol. The van der Waals surface area contributed by atoms with E-state index >= 15 is 0 Å². The van der Waals surface area contributed by atoms with Crippen molar-refractivity contribution in [3.8, 4) is 0 Å². The number of esters is 1. The fraction of sp³-hybridized carbons (Fsp3) is 0.273. The molecule has 1 unspecified atom stereocenters. The van der Waals surface area contributed by atoms with E-state index < -0.39 is 12.0 Å². The molecule has 140 valence electrons. The van der Waals surface area contributed by atoms with Crippen molar-refractivity contribution in [3.63, 3.8) is 0 Å². The van der Waals surface area contributed by atoms with Crippen molar-refractivity contribution >= 4 is 22.8 Å². The van der Waals surface area contributed by atoms with E-state index in [2.05, 4.69) is 16.4 Å². The number of rotatable bonds is 6. The number of carbonyl (C=O) groups excluding carboxylic acids is 2. The van der Waals surface area contributed by atoms with Crippen LogP contribution in [0.25, 0.3) is 10.9 Å². The second-order valence-electron chi connectivity index (χ2n) is 6.88. The number of hydrogen-bond acceptors (Lipinski definition) is 3. The molecule has 3 rings (SSSR count). The van der Waals surface area contributed by atoms with E-state index in [9.17, 15) is 9.59 Å². The van der Waals surface area contributed by atoms with Gasteiger partial charge in [0.1, 0.15) is 6.04 Å². The minimum Gasteiger partial charge on any atom is -0.467 e. The van der Waals surface area contributed by atoms with Crippen molar-refractivity contribution in [2.45, 2.75) is 32.7 Å². The number of carbonyl (C=O) groups is 2. The predicted molar refractivity (Wildman–Crippen MR) is 106 cm³/mol. The number of nitrogens with one attached hydrogen (secondary N) is 2. The third kappa shape index (κ3) is 4.56. The first-order valence-electron chi connectivity index (χ1n) is 8.95. The average Bonchev–Trinajstić information content (AvgIpc) is 3.02. The highest BCUT2D eigenvalue weighted by Gasteiger charge is 2.23. The number of aromatic amines is 1. The summed E-state index contributed by atoms with van der Waals surface area (Å²) < 4.78 is 4.90. The first kappa shape index (κ1) is 18.7. The smallest absolute Gasteiger partial charge is 0.328 e. The van der Waals surface area contributed by atoms with Gasteiger partial charge in [0.15, 0.2) is 0 Å². The van der Waals surface area contributed by atoms with Crippen LogP contribution in [-0.4, -0.2) is 30.0 Å². The van der Waals surface area contributed by atoms with Gasteiger partial charge < -0.3 is 15.0 Å².